The van der Waals surface area contributed by atoms with Crippen LogP contribution in [0.4, 0.5) is 0 Å². The maximum Gasteiger partial charge on any atom is 0.246 e. The van der Waals surface area contributed by atoms with Gasteiger partial charge in [-0.05, 0) is 26.2 Å². The molecule has 1 aromatic heterocycles. The van der Waals surface area contributed by atoms with Crippen molar-refractivity contribution < 1.29 is 8.42 Å². The Balaban J connectivity index is 2.38. The first kappa shape index (κ1) is 14.5. The van der Waals surface area contributed by atoms with Crippen LogP contribution in [-0.4, -0.2) is 41.6 Å². The predicted octanol–water partition coefficient (Wildman–Crippen LogP) is 0.395. The molecule has 1 fully saturated rings. The third-order valence-electron chi connectivity index (χ3n) is 3.97. The van der Waals surface area contributed by atoms with Crippen molar-refractivity contribution in [3.05, 3.63) is 11.4 Å². The third kappa shape index (κ3) is 2.42. The van der Waals surface area contributed by atoms with Gasteiger partial charge < -0.3 is 5.73 Å². The number of aryl methyl sites for hydroxylation is 2. The number of rotatable bonds is 2. The third-order valence-corrected chi connectivity index (χ3v) is 6.09. The summed E-state index contributed by atoms with van der Waals surface area (Å²) in [6, 6.07) is 0.0857. The van der Waals surface area contributed by atoms with Crippen molar-refractivity contribution in [1.29, 1.82) is 0 Å². The lowest BCUT2D eigenvalue weighted by molar-refractivity contribution is 0.250. The normalized spacial score (nSPS) is 25.7. The van der Waals surface area contributed by atoms with Crippen LogP contribution in [0.1, 0.15) is 24.7 Å². The van der Waals surface area contributed by atoms with E-state index in [9.17, 15) is 8.42 Å². The molecule has 0 bridgehead atoms. The van der Waals surface area contributed by atoms with Crippen LogP contribution in [0.5, 0.6) is 0 Å². The number of nitrogens with two attached hydrogens (primary N) is 1. The van der Waals surface area contributed by atoms with Gasteiger partial charge in [0, 0.05) is 26.2 Å². The zero-order valence-corrected chi connectivity index (χ0v) is 12.7. The van der Waals surface area contributed by atoms with Gasteiger partial charge in [0.1, 0.15) is 4.90 Å². The van der Waals surface area contributed by atoms with Crippen LogP contribution in [0.3, 0.4) is 0 Å². The second kappa shape index (κ2) is 4.88. The number of aromatic nitrogens is 2. The highest BCUT2D eigenvalue weighted by Gasteiger charge is 2.35. The summed E-state index contributed by atoms with van der Waals surface area (Å²) in [6.45, 7) is 6.49. The van der Waals surface area contributed by atoms with E-state index in [1.807, 2.05) is 6.92 Å². The lowest BCUT2D eigenvalue weighted by atomic mass is 9.96. The summed E-state index contributed by atoms with van der Waals surface area (Å²) >= 11 is 0. The van der Waals surface area contributed by atoms with Crippen molar-refractivity contribution in [2.45, 2.75) is 38.1 Å². The highest BCUT2D eigenvalue weighted by Crippen LogP contribution is 2.26. The van der Waals surface area contributed by atoms with Gasteiger partial charge in [0.25, 0.3) is 0 Å². The van der Waals surface area contributed by atoms with Crippen LogP contribution in [0.2, 0.25) is 0 Å². The number of piperidine rings is 1. The average molecular weight is 286 g/mol. The molecule has 2 rings (SSSR count). The summed E-state index contributed by atoms with van der Waals surface area (Å²) in [7, 11) is -1.70. The van der Waals surface area contributed by atoms with Gasteiger partial charge in [-0.15, -0.1) is 0 Å². The summed E-state index contributed by atoms with van der Waals surface area (Å²) in [5, 5.41) is 4.19. The van der Waals surface area contributed by atoms with Crippen LogP contribution in [0, 0.1) is 19.8 Å². The zero-order chi connectivity index (χ0) is 14.4. The number of nitrogens with zero attached hydrogens (tertiary/aromatic N) is 3. The summed E-state index contributed by atoms with van der Waals surface area (Å²) in [6.07, 6.45) is 0.707. The molecule has 1 aliphatic heterocycles. The second-order valence-electron chi connectivity index (χ2n) is 5.42. The Kier molecular flexibility index (Phi) is 3.72. The van der Waals surface area contributed by atoms with E-state index in [1.165, 1.54) is 4.31 Å². The number of hydrogen-bond acceptors (Lipinski definition) is 4. The van der Waals surface area contributed by atoms with Gasteiger partial charge >= 0.3 is 0 Å². The van der Waals surface area contributed by atoms with Gasteiger partial charge in [0.2, 0.25) is 10.0 Å². The molecular weight excluding hydrogens is 264 g/mol. The molecule has 1 aliphatic rings. The Morgan fingerprint density at radius 1 is 1.37 bits per heavy atom. The molecule has 6 nitrogen and oxygen atoms in total. The molecule has 0 saturated carbocycles. The SMILES string of the molecule is Cc1nn(C)c(C)c1S(=O)(=O)N1CCC(N)C(C)C1. The van der Waals surface area contributed by atoms with Crippen molar-refractivity contribution in [3.63, 3.8) is 0 Å². The fourth-order valence-corrected chi connectivity index (χ4v) is 4.56. The molecular formula is C12H22N4O2S. The van der Waals surface area contributed by atoms with Crippen molar-refractivity contribution >= 4 is 10.0 Å². The van der Waals surface area contributed by atoms with Crippen molar-refractivity contribution in [1.82, 2.24) is 14.1 Å². The Labute approximate surface area is 114 Å². The van der Waals surface area contributed by atoms with E-state index in [1.54, 1.807) is 25.6 Å². The molecule has 7 heteroatoms. The molecule has 2 N–H and O–H groups in total. The van der Waals surface area contributed by atoms with Crippen LogP contribution in [-0.2, 0) is 17.1 Å². The van der Waals surface area contributed by atoms with Gasteiger partial charge in [-0.3, -0.25) is 4.68 Å². The quantitative estimate of drug-likeness (QED) is 0.853. The average Bonchev–Trinajstić information content (AvgIpc) is 2.57. The minimum absolute atomic E-state index is 0.0857. The first-order valence-electron chi connectivity index (χ1n) is 6.51. The van der Waals surface area contributed by atoms with Crippen molar-refractivity contribution in [3.8, 4) is 0 Å². The molecule has 2 unspecified atom stereocenters. The largest absolute Gasteiger partial charge is 0.327 e. The van der Waals surface area contributed by atoms with Gasteiger partial charge in [-0.1, -0.05) is 6.92 Å². The van der Waals surface area contributed by atoms with Gasteiger partial charge in [-0.25, -0.2) is 8.42 Å². The summed E-state index contributed by atoms with van der Waals surface area (Å²) < 4.78 is 28.6. The molecule has 108 valence electrons. The Morgan fingerprint density at radius 3 is 2.47 bits per heavy atom. The molecule has 0 radical (unpaired) electrons. The summed E-state index contributed by atoms with van der Waals surface area (Å²) in [5.41, 5.74) is 7.19. The lowest BCUT2D eigenvalue weighted by Crippen LogP contribution is -2.48. The topological polar surface area (TPSA) is 81.2 Å². The highest BCUT2D eigenvalue weighted by atomic mass is 32.2. The van der Waals surface area contributed by atoms with Crippen LogP contribution >= 0.6 is 0 Å². The van der Waals surface area contributed by atoms with Crippen molar-refractivity contribution in [2.24, 2.45) is 18.7 Å². The Bertz CT molecular complexity index is 579. The van der Waals surface area contributed by atoms with E-state index in [0.29, 0.717) is 35.8 Å². The Hall–Kier alpha value is -0.920. The first-order chi connectivity index (χ1) is 8.75. The van der Waals surface area contributed by atoms with Gasteiger partial charge in [0.05, 0.1) is 11.4 Å². The second-order valence-corrected chi connectivity index (χ2v) is 7.29. The maximum atomic E-state index is 12.7. The van der Waals surface area contributed by atoms with E-state index in [0.717, 1.165) is 0 Å². The monoisotopic (exact) mass is 286 g/mol. The summed E-state index contributed by atoms with van der Waals surface area (Å²) in [4.78, 5) is 0.345. The number of hydrogen-bond donors (Lipinski definition) is 1. The van der Waals surface area contributed by atoms with Crippen LogP contribution in [0.25, 0.3) is 0 Å². The minimum Gasteiger partial charge on any atom is -0.327 e. The molecule has 1 saturated heterocycles. The minimum atomic E-state index is -3.46. The molecule has 0 amide bonds. The lowest BCUT2D eigenvalue weighted by Gasteiger charge is -2.34. The van der Waals surface area contributed by atoms with E-state index in [2.05, 4.69) is 5.10 Å². The maximum absolute atomic E-state index is 12.7. The molecule has 1 aromatic rings. The molecule has 19 heavy (non-hydrogen) atoms. The predicted molar refractivity (Wildman–Crippen MR) is 73.2 cm³/mol. The van der Waals surface area contributed by atoms with E-state index in [-0.39, 0.29) is 12.0 Å². The van der Waals surface area contributed by atoms with Crippen molar-refractivity contribution in [2.75, 3.05) is 13.1 Å². The fourth-order valence-electron chi connectivity index (χ4n) is 2.60. The molecule has 2 atom stereocenters. The molecule has 2 heterocycles. The Morgan fingerprint density at radius 2 is 2.00 bits per heavy atom. The molecule has 0 aliphatic carbocycles. The van der Waals surface area contributed by atoms with Crippen LogP contribution in [0.15, 0.2) is 4.90 Å². The van der Waals surface area contributed by atoms with Gasteiger partial charge in [0.15, 0.2) is 0 Å². The van der Waals surface area contributed by atoms with E-state index >= 15 is 0 Å². The smallest absolute Gasteiger partial charge is 0.246 e. The van der Waals surface area contributed by atoms with Gasteiger partial charge in [-0.2, -0.15) is 9.40 Å². The first-order valence-corrected chi connectivity index (χ1v) is 7.95. The van der Waals surface area contributed by atoms with E-state index < -0.39 is 10.0 Å². The standard InChI is InChI=1S/C12H22N4O2S/c1-8-7-16(6-5-11(8)13)19(17,18)12-9(2)14-15(4)10(12)3/h8,11H,5-7,13H2,1-4H3. The highest BCUT2D eigenvalue weighted by molar-refractivity contribution is 7.89. The summed E-state index contributed by atoms with van der Waals surface area (Å²) in [5.74, 6) is 0.181. The molecule has 0 spiro atoms. The fraction of sp³-hybridized carbons (Fsp3) is 0.750. The number of sulfonamides is 1. The van der Waals surface area contributed by atoms with Crippen LogP contribution < -0.4 is 5.73 Å². The van der Waals surface area contributed by atoms with E-state index in [4.69, 9.17) is 5.73 Å². The zero-order valence-electron chi connectivity index (χ0n) is 11.9. The molecule has 0 aromatic carbocycles.